The zero-order valence-corrected chi connectivity index (χ0v) is 4.96. The van der Waals surface area contributed by atoms with Crippen LogP contribution in [-0.4, -0.2) is 5.11 Å². The van der Waals surface area contributed by atoms with Crippen LogP contribution in [0, 0.1) is 11.5 Å². The second-order valence-electron chi connectivity index (χ2n) is 0.100. The summed E-state index contributed by atoms with van der Waals surface area (Å²) in [7, 11) is 0. The zero-order valence-electron chi connectivity index (χ0n) is 2.00. The molecule has 0 saturated heterocycles. The normalized spacial score (nSPS) is 1.40. The van der Waals surface area contributed by atoms with Gasteiger partial charge in [-0.1, -0.05) is 0 Å². The minimum Gasteiger partial charge on any atom is -0.443 e. The van der Waals surface area contributed by atoms with E-state index in [1.165, 1.54) is 0 Å². The largest absolute Gasteiger partial charge is 0.443 e. The number of rotatable bonds is 0. The summed E-state index contributed by atoms with van der Waals surface area (Å²) in [4.78, 5) is 0. The molecule has 0 atom stereocenters. The number of aliphatic hydroxyl groups is 1. The van der Waals surface area contributed by atoms with E-state index in [4.69, 9.17) is 10.4 Å². The van der Waals surface area contributed by atoms with Crippen molar-refractivity contribution in [2.24, 2.45) is 0 Å². The summed E-state index contributed by atoms with van der Waals surface area (Å²) in [5, 5.41) is 13.8. The Labute approximate surface area is 61.2 Å². The topological polar surface area (TPSA) is 44.0 Å². The molecule has 2 radical (unpaired) electrons. The van der Waals surface area contributed by atoms with Crippen molar-refractivity contribution >= 4 is 0 Å². The molecule has 0 aliphatic heterocycles. The second kappa shape index (κ2) is 21.6. The molecule has 0 unspecified atom stereocenters. The van der Waals surface area contributed by atoms with E-state index < -0.39 is 0 Å². The van der Waals surface area contributed by atoms with Gasteiger partial charge in [-0.25, -0.2) is 0 Å². The first-order valence-corrected chi connectivity index (χ1v) is 0.447. The van der Waals surface area contributed by atoms with Crippen molar-refractivity contribution in [3.8, 4) is 6.26 Å². The third kappa shape index (κ3) is 61.7. The van der Waals surface area contributed by atoms with E-state index in [0.29, 0.717) is 0 Å². The van der Waals surface area contributed by atoms with E-state index in [2.05, 4.69) is 0 Å². The van der Waals surface area contributed by atoms with Crippen molar-refractivity contribution in [2.45, 2.75) is 0 Å². The van der Waals surface area contributed by atoms with Crippen LogP contribution >= 0.6 is 0 Å². The molecule has 38 valence electrons. The number of aliphatic hydroxyl groups excluding tert-OH is 1. The van der Waals surface area contributed by atoms with Gasteiger partial charge < -0.3 is 5.11 Å². The molecular formula is CHAg2NO. The van der Waals surface area contributed by atoms with Gasteiger partial charge in [0.05, 0.1) is 0 Å². The Kier molecular flexibility index (Phi) is 74.0. The molecule has 0 aliphatic rings. The zero-order chi connectivity index (χ0) is 2.71. The molecule has 5 heavy (non-hydrogen) atoms. The molecule has 0 fully saturated rings. The summed E-state index contributed by atoms with van der Waals surface area (Å²) < 4.78 is 0. The molecule has 0 spiro atoms. The average Bonchev–Trinajstić information content (AvgIpc) is 0.918. The summed E-state index contributed by atoms with van der Waals surface area (Å²) in [6.45, 7) is 0. The number of hydrogen-bond acceptors (Lipinski definition) is 2. The van der Waals surface area contributed by atoms with Gasteiger partial charge in [0.25, 0.3) is 6.26 Å². The molecular weight excluding hydrogens is 258 g/mol. The fourth-order valence-electron chi connectivity index (χ4n) is 0. The maximum Gasteiger partial charge on any atom is 0.283 e. The Morgan fingerprint density at radius 3 is 1.40 bits per heavy atom. The van der Waals surface area contributed by atoms with Gasteiger partial charge in [-0.2, -0.15) is 5.26 Å². The maximum atomic E-state index is 6.88. The molecule has 4 heteroatoms. The van der Waals surface area contributed by atoms with Crippen LogP contribution in [-0.2, 0) is 44.8 Å². The minimum atomic E-state index is 0. The van der Waals surface area contributed by atoms with Crippen LogP contribution in [0.4, 0.5) is 0 Å². The molecule has 0 aromatic rings. The predicted molar refractivity (Wildman–Crippen MR) is 7.55 cm³/mol. The summed E-state index contributed by atoms with van der Waals surface area (Å²) in [5.74, 6) is 0. The average molecular weight is 259 g/mol. The Bertz CT molecular complexity index is 31.1. The Morgan fingerprint density at radius 2 is 1.40 bits per heavy atom. The van der Waals surface area contributed by atoms with Crippen LogP contribution in [0.15, 0.2) is 0 Å². The molecule has 0 bridgehead atoms. The Hall–Kier alpha value is 0.771. The molecule has 0 heterocycles. The molecule has 0 aromatic heterocycles. The summed E-state index contributed by atoms with van der Waals surface area (Å²) in [5.41, 5.74) is 0. The Morgan fingerprint density at radius 1 is 1.40 bits per heavy atom. The Balaban J connectivity index is -0.0000000200. The van der Waals surface area contributed by atoms with Gasteiger partial charge in [0.15, 0.2) is 0 Å². The number of nitriles is 1. The predicted octanol–water partition coefficient (Wildman–Crippen LogP) is -0.165. The fourth-order valence-corrected chi connectivity index (χ4v) is 0. The second-order valence-corrected chi connectivity index (χ2v) is 0.100. The molecule has 1 N–H and O–H groups in total. The summed E-state index contributed by atoms with van der Waals surface area (Å²) in [6.07, 6.45) is 0.750. The first-order chi connectivity index (χ1) is 1.41. The smallest absolute Gasteiger partial charge is 0.283 e. The van der Waals surface area contributed by atoms with Crippen molar-refractivity contribution in [1.29, 1.82) is 5.26 Å². The monoisotopic (exact) mass is 257 g/mol. The molecule has 0 rings (SSSR count). The van der Waals surface area contributed by atoms with E-state index in [1.807, 2.05) is 0 Å². The van der Waals surface area contributed by atoms with Gasteiger partial charge in [0, 0.05) is 44.8 Å². The van der Waals surface area contributed by atoms with Gasteiger partial charge in [0.2, 0.25) is 0 Å². The fraction of sp³-hybridized carbons (Fsp3) is 0. The molecule has 2 nitrogen and oxygen atoms in total. The van der Waals surface area contributed by atoms with Gasteiger partial charge in [0.1, 0.15) is 0 Å². The SMILES string of the molecule is N#CO.[Ag].[Ag]. The first-order valence-electron chi connectivity index (χ1n) is 0.447. The standard InChI is InChI=1S/CHNO.2Ag/c2-1-3;;/h3H;;. The summed E-state index contributed by atoms with van der Waals surface area (Å²) >= 11 is 0. The van der Waals surface area contributed by atoms with Crippen molar-refractivity contribution < 1.29 is 49.9 Å². The molecule has 0 saturated carbocycles. The molecule has 0 aliphatic carbocycles. The van der Waals surface area contributed by atoms with Crippen molar-refractivity contribution in [1.82, 2.24) is 0 Å². The van der Waals surface area contributed by atoms with Gasteiger partial charge in [-0.15, -0.1) is 0 Å². The van der Waals surface area contributed by atoms with Crippen LogP contribution in [0.25, 0.3) is 0 Å². The maximum absolute atomic E-state index is 6.88. The van der Waals surface area contributed by atoms with Crippen LogP contribution in [0.3, 0.4) is 0 Å². The van der Waals surface area contributed by atoms with Crippen molar-refractivity contribution in [3.05, 3.63) is 0 Å². The van der Waals surface area contributed by atoms with E-state index >= 15 is 0 Å². The van der Waals surface area contributed by atoms with Gasteiger partial charge in [-0.05, 0) is 0 Å². The number of hydrogen-bond donors (Lipinski definition) is 1. The number of nitrogens with zero attached hydrogens (tertiary/aromatic N) is 1. The third-order valence-electron chi connectivity index (χ3n) is 0. The first kappa shape index (κ1) is 17.1. The van der Waals surface area contributed by atoms with E-state index in [0.717, 1.165) is 6.26 Å². The van der Waals surface area contributed by atoms with E-state index in [9.17, 15) is 0 Å². The molecule has 0 aromatic carbocycles. The minimum absolute atomic E-state index is 0. The summed E-state index contributed by atoms with van der Waals surface area (Å²) in [6, 6.07) is 0. The van der Waals surface area contributed by atoms with Crippen molar-refractivity contribution in [3.63, 3.8) is 0 Å². The quantitative estimate of drug-likeness (QED) is 0.485. The third-order valence-corrected chi connectivity index (χ3v) is 0. The van der Waals surface area contributed by atoms with Gasteiger partial charge >= 0.3 is 0 Å². The van der Waals surface area contributed by atoms with Crippen molar-refractivity contribution in [2.75, 3.05) is 0 Å². The van der Waals surface area contributed by atoms with Crippen LogP contribution < -0.4 is 0 Å². The van der Waals surface area contributed by atoms with E-state index in [-0.39, 0.29) is 44.8 Å². The molecule has 0 amide bonds. The van der Waals surface area contributed by atoms with E-state index in [1.54, 1.807) is 0 Å². The van der Waals surface area contributed by atoms with Gasteiger partial charge in [-0.3, -0.25) is 0 Å². The van der Waals surface area contributed by atoms with Crippen LogP contribution in [0.1, 0.15) is 0 Å². The van der Waals surface area contributed by atoms with Crippen LogP contribution in [0.5, 0.6) is 0 Å². The van der Waals surface area contributed by atoms with Crippen LogP contribution in [0.2, 0.25) is 0 Å².